The van der Waals surface area contributed by atoms with E-state index in [2.05, 4.69) is 53.6 Å². The van der Waals surface area contributed by atoms with Crippen molar-refractivity contribution in [2.75, 3.05) is 16.8 Å². The molecule has 0 radical (unpaired) electrons. The minimum Gasteiger partial charge on any atom is -0.300 e. The Labute approximate surface area is 143 Å². The minimum atomic E-state index is -0.0113. The highest BCUT2D eigenvalue weighted by atomic mass is 32.2. The fourth-order valence-corrected chi connectivity index (χ4v) is 4.13. The van der Waals surface area contributed by atoms with Crippen LogP contribution in [0.1, 0.15) is 25.3 Å². The molecule has 0 bridgehead atoms. The zero-order valence-electron chi connectivity index (χ0n) is 12.7. The average molecular weight is 354 g/mol. The third-order valence-corrected chi connectivity index (χ3v) is 5.89. The molecule has 0 atom stereocenters. The van der Waals surface area contributed by atoms with Crippen molar-refractivity contribution in [3.8, 4) is 0 Å². The summed E-state index contributed by atoms with van der Waals surface area (Å²) in [4.78, 5) is 13.1. The Morgan fingerprint density at radius 1 is 1.18 bits per heavy atom. The van der Waals surface area contributed by atoms with Crippen LogP contribution in [0.5, 0.6) is 0 Å². The highest BCUT2D eigenvalue weighted by Crippen LogP contribution is 2.26. The van der Waals surface area contributed by atoms with Crippen LogP contribution in [-0.2, 0) is 4.79 Å². The number of hydrogen-bond acceptors (Lipinski definition) is 6. The number of carbonyl (C=O) groups is 1. The van der Waals surface area contributed by atoms with Crippen LogP contribution in [0.25, 0.3) is 0 Å². The normalized spacial score (nSPS) is 10.6. The molecule has 7 heteroatoms. The van der Waals surface area contributed by atoms with Gasteiger partial charge in [0.25, 0.3) is 0 Å². The van der Waals surface area contributed by atoms with E-state index in [1.807, 2.05) is 0 Å². The fourth-order valence-electron chi connectivity index (χ4n) is 1.59. The van der Waals surface area contributed by atoms with Gasteiger partial charge in [-0.2, -0.15) is 0 Å². The topological polar surface area (TPSA) is 54.9 Å². The number of hydrogen-bond donors (Lipinski definition) is 1. The van der Waals surface area contributed by atoms with E-state index in [0.29, 0.717) is 11.6 Å². The van der Waals surface area contributed by atoms with Crippen LogP contribution >= 0.6 is 34.9 Å². The summed E-state index contributed by atoms with van der Waals surface area (Å²) in [6.07, 6.45) is 1.57. The first-order chi connectivity index (χ1) is 10.7. The first-order valence-corrected chi connectivity index (χ1v) is 9.91. The lowest BCUT2D eigenvalue weighted by Crippen LogP contribution is -2.11. The number of benzene rings is 1. The predicted molar refractivity (Wildman–Crippen MR) is 96.1 cm³/mol. The van der Waals surface area contributed by atoms with Gasteiger partial charge in [-0.3, -0.25) is 4.79 Å². The highest BCUT2D eigenvalue weighted by Gasteiger charge is 2.08. The minimum absolute atomic E-state index is 0.0113. The highest BCUT2D eigenvalue weighted by molar-refractivity contribution is 8.01. The molecule has 2 rings (SSSR count). The van der Waals surface area contributed by atoms with Crippen LogP contribution < -0.4 is 5.32 Å². The van der Waals surface area contributed by atoms with Gasteiger partial charge in [0.2, 0.25) is 11.0 Å². The number of aryl methyl sites for hydroxylation is 1. The zero-order chi connectivity index (χ0) is 15.8. The largest absolute Gasteiger partial charge is 0.300 e. The van der Waals surface area contributed by atoms with Gasteiger partial charge >= 0.3 is 0 Å². The molecule has 1 aromatic heterocycles. The third-order valence-electron chi connectivity index (χ3n) is 2.70. The third kappa shape index (κ3) is 5.98. The lowest BCUT2D eigenvalue weighted by Gasteiger charge is -2.02. The summed E-state index contributed by atoms with van der Waals surface area (Å²) < 4.78 is 0.909. The predicted octanol–water partition coefficient (Wildman–Crippen LogP) is 4.47. The van der Waals surface area contributed by atoms with Crippen molar-refractivity contribution < 1.29 is 4.79 Å². The molecule has 0 aliphatic carbocycles. The molecule has 1 aromatic carbocycles. The number of aromatic nitrogens is 2. The monoisotopic (exact) mass is 353 g/mol. The maximum absolute atomic E-state index is 11.9. The summed E-state index contributed by atoms with van der Waals surface area (Å²) in [5.74, 6) is 1.77. The van der Waals surface area contributed by atoms with Crippen LogP contribution in [0.15, 0.2) is 33.5 Å². The molecule has 1 amide bonds. The summed E-state index contributed by atoms with van der Waals surface area (Å²) >= 11 is 4.80. The molecule has 1 heterocycles. The van der Waals surface area contributed by atoms with Crippen LogP contribution in [0.3, 0.4) is 0 Å². The molecule has 2 aromatic rings. The van der Waals surface area contributed by atoms with Gasteiger partial charge in [0.15, 0.2) is 4.34 Å². The van der Waals surface area contributed by atoms with Crippen LogP contribution in [-0.4, -0.2) is 27.6 Å². The number of anilines is 1. The fraction of sp³-hybridized carbons (Fsp3) is 0.400. The quantitative estimate of drug-likeness (QED) is 0.560. The van der Waals surface area contributed by atoms with E-state index in [0.717, 1.165) is 22.3 Å². The Hall–Kier alpha value is -1.05. The first kappa shape index (κ1) is 17.3. The van der Waals surface area contributed by atoms with Gasteiger partial charge in [0.05, 0.1) is 0 Å². The standard InChI is InChI=1S/C15H19N3OS3/c1-3-9-21-15-18-17-14(22-15)16-13(19)8-10-20-12-6-4-11(2)5-7-12/h4-7H,3,8-10H2,1-2H3,(H,16,17,19). The van der Waals surface area contributed by atoms with E-state index in [-0.39, 0.29) is 5.91 Å². The van der Waals surface area contributed by atoms with Crippen LogP contribution in [0.4, 0.5) is 5.13 Å². The number of nitrogens with zero attached hydrogens (tertiary/aromatic N) is 2. The lowest BCUT2D eigenvalue weighted by molar-refractivity contribution is -0.115. The van der Waals surface area contributed by atoms with Gasteiger partial charge < -0.3 is 5.32 Å². The van der Waals surface area contributed by atoms with Crippen molar-refractivity contribution in [3.63, 3.8) is 0 Å². The Bertz CT molecular complexity index is 598. The summed E-state index contributed by atoms with van der Waals surface area (Å²) in [5, 5.41) is 11.4. The van der Waals surface area contributed by atoms with Crippen molar-refractivity contribution in [1.82, 2.24) is 10.2 Å². The number of amides is 1. The Morgan fingerprint density at radius 2 is 1.95 bits per heavy atom. The number of rotatable bonds is 8. The second kappa shape index (κ2) is 9.17. The molecule has 0 aliphatic heterocycles. The van der Waals surface area contributed by atoms with E-state index in [4.69, 9.17) is 0 Å². The van der Waals surface area contributed by atoms with Gasteiger partial charge in [-0.25, -0.2) is 0 Å². The molecular formula is C15H19N3OS3. The van der Waals surface area contributed by atoms with Crippen molar-refractivity contribution >= 4 is 45.9 Å². The molecule has 0 spiro atoms. The summed E-state index contributed by atoms with van der Waals surface area (Å²) in [6.45, 7) is 4.19. The van der Waals surface area contributed by atoms with Crippen molar-refractivity contribution in [3.05, 3.63) is 29.8 Å². The number of carbonyl (C=O) groups excluding carboxylic acids is 1. The Kier molecular flexibility index (Phi) is 7.21. The van der Waals surface area contributed by atoms with Crippen molar-refractivity contribution in [2.45, 2.75) is 35.9 Å². The maximum Gasteiger partial charge on any atom is 0.227 e. The lowest BCUT2D eigenvalue weighted by atomic mass is 10.2. The molecule has 0 saturated carbocycles. The molecule has 0 unspecified atom stereocenters. The molecule has 22 heavy (non-hydrogen) atoms. The number of nitrogens with one attached hydrogen (secondary N) is 1. The van der Waals surface area contributed by atoms with Crippen LogP contribution in [0.2, 0.25) is 0 Å². The molecule has 0 saturated heterocycles. The second-order valence-electron chi connectivity index (χ2n) is 4.68. The Balaban J connectivity index is 1.71. The van der Waals surface area contributed by atoms with E-state index in [9.17, 15) is 4.79 Å². The summed E-state index contributed by atoms with van der Waals surface area (Å²) in [7, 11) is 0. The molecule has 1 N–H and O–H groups in total. The van der Waals surface area contributed by atoms with Gasteiger partial charge in [-0.1, -0.05) is 47.7 Å². The Morgan fingerprint density at radius 3 is 2.68 bits per heavy atom. The van der Waals surface area contributed by atoms with Gasteiger partial charge in [-0.05, 0) is 25.5 Å². The van der Waals surface area contributed by atoms with Gasteiger partial charge in [-0.15, -0.1) is 22.0 Å². The van der Waals surface area contributed by atoms with E-state index in [1.165, 1.54) is 21.8 Å². The van der Waals surface area contributed by atoms with E-state index in [1.54, 1.807) is 23.5 Å². The second-order valence-corrected chi connectivity index (χ2v) is 8.17. The molecule has 118 valence electrons. The van der Waals surface area contributed by atoms with Crippen molar-refractivity contribution in [2.24, 2.45) is 0 Å². The SMILES string of the molecule is CCCSc1nnc(NC(=O)CCSc2ccc(C)cc2)s1. The summed E-state index contributed by atoms with van der Waals surface area (Å²) in [6, 6.07) is 8.33. The van der Waals surface area contributed by atoms with E-state index < -0.39 is 0 Å². The van der Waals surface area contributed by atoms with E-state index >= 15 is 0 Å². The molecule has 4 nitrogen and oxygen atoms in total. The first-order valence-electron chi connectivity index (χ1n) is 7.13. The number of thioether (sulfide) groups is 2. The van der Waals surface area contributed by atoms with Crippen LogP contribution in [0, 0.1) is 6.92 Å². The average Bonchev–Trinajstić information content (AvgIpc) is 2.94. The maximum atomic E-state index is 11.9. The molecule has 0 aliphatic rings. The molecule has 0 fully saturated rings. The molecular weight excluding hydrogens is 334 g/mol. The zero-order valence-corrected chi connectivity index (χ0v) is 15.1. The van der Waals surface area contributed by atoms with Gasteiger partial charge in [0, 0.05) is 22.8 Å². The summed E-state index contributed by atoms with van der Waals surface area (Å²) in [5.41, 5.74) is 1.25. The smallest absolute Gasteiger partial charge is 0.227 e. The van der Waals surface area contributed by atoms with Gasteiger partial charge in [0.1, 0.15) is 0 Å². The van der Waals surface area contributed by atoms with Crippen molar-refractivity contribution in [1.29, 1.82) is 0 Å².